The summed E-state index contributed by atoms with van der Waals surface area (Å²) in [6.07, 6.45) is 5.32. The highest BCUT2D eigenvalue weighted by atomic mass is 32.2. The van der Waals surface area contributed by atoms with Crippen molar-refractivity contribution >= 4 is 47.4 Å². The van der Waals surface area contributed by atoms with Gasteiger partial charge in [-0.15, -0.1) is 0 Å². The topological polar surface area (TPSA) is 169 Å². The number of hydrogen-bond donors (Lipinski definition) is 3. The van der Waals surface area contributed by atoms with Crippen LogP contribution in [-0.4, -0.2) is 73.8 Å². The van der Waals surface area contributed by atoms with Gasteiger partial charge in [-0.05, 0) is 43.7 Å². The summed E-state index contributed by atoms with van der Waals surface area (Å²) in [5.41, 5.74) is 2.89. The Hall–Kier alpha value is -2.88. The van der Waals surface area contributed by atoms with Crippen LogP contribution in [-0.2, 0) is 41.2 Å². The van der Waals surface area contributed by atoms with E-state index in [2.05, 4.69) is 0 Å². The van der Waals surface area contributed by atoms with Gasteiger partial charge in [0, 0.05) is 41.1 Å². The molecule has 4 rings (SSSR count). The lowest BCUT2D eigenvalue weighted by molar-refractivity contribution is -0.432. The van der Waals surface area contributed by atoms with Crippen molar-refractivity contribution in [2.45, 2.75) is 43.4 Å². The van der Waals surface area contributed by atoms with Gasteiger partial charge in [-0.1, -0.05) is 38.1 Å². The van der Waals surface area contributed by atoms with Gasteiger partial charge in [0.15, 0.2) is 12.3 Å². The first kappa shape index (κ1) is 31.1. The van der Waals surface area contributed by atoms with Gasteiger partial charge < -0.3 is 4.90 Å². The van der Waals surface area contributed by atoms with E-state index in [0.29, 0.717) is 16.9 Å². The van der Waals surface area contributed by atoms with Crippen molar-refractivity contribution in [3.63, 3.8) is 0 Å². The number of nitrogens with zero attached hydrogens (tertiary/aromatic N) is 2. The summed E-state index contributed by atoms with van der Waals surface area (Å²) in [4.78, 5) is 1.38. The third-order valence-corrected chi connectivity index (χ3v) is 9.86. The van der Waals surface area contributed by atoms with Crippen LogP contribution in [0.5, 0.6) is 0 Å². The van der Waals surface area contributed by atoms with E-state index in [-0.39, 0.29) is 18.0 Å². The van der Waals surface area contributed by atoms with Gasteiger partial charge in [-0.25, -0.2) is 0 Å². The van der Waals surface area contributed by atoms with Crippen LogP contribution >= 0.6 is 0 Å². The highest BCUT2D eigenvalue weighted by Gasteiger charge is 2.45. The van der Waals surface area contributed by atoms with Gasteiger partial charge in [0.25, 0.3) is 30.4 Å². The molecule has 0 aromatic heterocycles. The molecule has 2 heterocycles. The molecule has 222 valence electrons. The van der Waals surface area contributed by atoms with E-state index in [0.717, 1.165) is 17.0 Å². The molecule has 3 N–H and O–H groups in total. The molecule has 0 bridgehead atoms. The van der Waals surface area contributed by atoms with Gasteiger partial charge in [-0.2, -0.15) is 29.8 Å². The number of fused-ring (bicyclic) bond motifs is 2. The zero-order chi connectivity index (χ0) is 30.6. The summed E-state index contributed by atoms with van der Waals surface area (Å²) >= 11 is 0. The van der Waals surface area contributed by atoms with E-state index in [1.165, 1.54) is 18.2 Å². The largest absolute Gasteiger partial charge is 0.343 e. The fourth-order valence-corrected chi connectivity index (χ4v) is 6.91. The van der Waals surface area contributed by atoms with E-state index >= 15 is 0 Å². The summed E-state index contributed by atoms with van der Waals surface area (Å²) < 4.78 is 100. The minimum Gasteiger partial charge on any atom is -0.343 e. The number of anilines is 1. The molecule has 0 fully saturated rings. The summed E-state index contributed by atoms with van der Waals surface area (Å²) in [5.74, 6) is -1.05. The molecule has 0 unspecified atom stereocenters. The van der Waals surface area contributed by atoms with Crippen LogP contribution < -0.4 is 4.90 Å². The van der Waals surface area contributed by atoms with E-state index in [1.54, 1.807) is 17.1 Å². The number of hydrogen-bond acceptors (Lipinski definition) is 7. The molecule has 0 saturated heterocycles. The maximum absolute atomic E-state index is 11.8. The van der Waals surface area contributed by atoms with Gasteiger partial charge in [-0.3, -0.25) is 13.7 Å². The Morgan fingerprint density at radius 2 is 1.46 bits per heavy atom. The number of allylic oxidation sites excluding steroid dienone is 4. The van der Waals surface area contributed by atoms with Crippen LogP contribution in [0.25, 0.3) is 0 Å². The molecule has 0 saturated carbocycles. The van der Waals surface area contributed by atoms with Crippen LogP contribution in [0.4, 0.5) is 11.4 Å². The monoisotopic (exact) mass is 625 g/mol. The maximum Gasteiger partial charge on any atom is 0.294 e. The minimum absolute atomic E-state index is 0.0192. The summed E-state index contributed by atoms with van der Waals surface area (Å²) in [6, 6.07) is 11.6. The normalized spacial score (nSPS) is 19.3. The van der Waals surface area contributed by atoms with Crippen LogP contribution in [0, 0.1) is 0 Å². The SMILES string of the molecule is CC1(C)C(C=C/C=C2/N(CCS(=O)(=O)O)c3ccc(S(=O)(=O)O)cc3C2(C)C)=[N+](CCS(=O)(=O)O)c2ccccc21. The van der Waals surface area contributed by atoms with E-state index in [4.69, 9.17) is 0 Å². The summed E-state index contributed by atoms with van der Waals surface area (Å²) in [7, 11) is -13.0. The van der Waals surface area contributed by atoms with E-state index in [1.807, 2.05) is 62.6 Å². The van der Waals surface area contributed by atoms with E-state index < -0.39 is 52.7 Å². The van der Waals surface area contributed by atoms with Crippen molar-refractivity contribution in [1.82, 2.24) is 0 Å². The molecule has 0 spiro atoms. The molecule has 0 amide bonds. The molecule has 14 heteroatoms. The first-order valence-corrected chi connectivity index (χ1v) is 17.3. The molecule has 2 aromatic rings. The quantitative estimate of drug-likeness (QED) is 0.278. The second-order valence-corrected chi connectivity index (χ2v) is 15.7. The number of rotatable bonds is 9. The fraction of sp³-hybridized carbons (Fsp3) is 0.370. The van der Waals surface area contributed by atoms with Crippen LogP contribution in [0.2, 0.25) is 0 Å². The van der Waals surface area contributed by atoms with Gasteiger partial charge in [0.1, 0.15) is 5.75 Å². The Kier molecular flexibility index (Phi) is 7.91. The standard InChI is InChI=1S/C27H32N2O9S3/c1-26(2)20-8-5-6-9-22(20)28(14-16-39(30,31)32)24(26)10-7-11-25-27(3,4)21-18-19(41(36,37)38)12-13-23(21)29(25)15-17-40(33,34)35/h5-13,18H,14-17H2,1-4H3,(H2-,30,31,32,33,34,35,36,37,38)/p+1. The Morgan fingerprint density at radius 1 is 0.829 bits per heavy atom. The maximum atomic E-state index is 11.8. The van der Waals surface area contributed by atoms with Crippen molar-refractivity contribution in [1.29, 1.82) is 0 Å². The average Bonchev–Trinajstić information content (AvgIpc) is 3.18. The van der Waals surface area contributed by atoms with Crippen molar-refractivity contribution in [3.8, 4) is 0 Å². The highest BCUT2D eigenvalue weighted by Crippen LogP contribution is 2.48. The fourth-order valence-electron chi connectivity index (χ4n) is 5.58. The lowest BCUT2D eigenvalue weighted by atomic mass is 9.81. The van der Waals surface area contributed by atoms with Crippen LogP contribution in [0.3, 0.4) is 0 Å². The van der Waals surface area contributed by atoms with Crippen molar-refractivity contribution in [3.05, 3.63) is 77.5 Å². The van der Waals surface area contributed by atoms with Crippen molar-refractivity contribution in [2.24, 2.45) is 0 Å². The smallest absolute Gasteiger partial charge is 0.294 e. The first-order valence-electron chi connectivity index (χ1n) is 12.7. The highest BCUT2D eigenvalue weighted by molar-refractivity contribution is 7.86. The van der Waals surface area contributed by atoms with E-state index in [9.17, 15) is 38.9 Å². The predicted octanol–water partition coefficient (Wildman–Crippen LogP) is 3.32. The molecule has 0 aliphatic carbocycles. The first-order chi connectivity index (χ1) is 18.7. The van der Waals surface area contributed by atoms with Crippen molar-refractivity contribution < 1.29 is 43.5 Å². The molecule has 0 radical (unpaired) electrons. The third-order valence-electron chi connectivity index (χ3n) is 7.61. The number of benzene rings is 2. The second-order valence-electron chi connectivity index (χ2n) is 11.1. The zero-order valence-corrected chi connectivity index (χ0v) is 25.5. The Morgan fingerprint density at radius 3 is 2.07 bits per heavy atom. The molecule has 11 nitrogen and oxygen atoms in total. The molecule has 41 heavy (non-hydrogen) atoms. The molecular weight excluding hydrogens is 593 g/mol. The van der Waals surface area contributed by atoms with Crippen molar-refractivity contribution in [2.75, 3.05) is 29.5 Å². The summed E-state index contributed by atoms with van der Waals surface area (Å²) in [5, 5.41) is 0. The van der Waals surface area contributed by atoms with Crippen LogP contribution in [0.1, 0.15) is 38.8 Å². The van der Waals surface area contributed by atoms with Gasteiger partial charge in [0.05, 0.1) is 16.1 Å². The average molecular weight is 626 g/mol. The minimum atomic E-state index is -4.49. The molecule has 2 aliphatic rings. The lowest BCUT2D eigenvalue weighted by Gasteiger charge is -2.26. The Bertz CT molecular complexity index is 1820. The molecular formula is C27H33N2O9S3+. The van der Waals surface area contributed by atoms with Gasteiger partial charge in [0.2, 0.25) is 5.69 Å². The Labute approximate surface area is 240 Å². The Balaban J connectivity index is 1.82. The lowest BCUT2D eigenvalue weighted by Crippen LogP contribution is -2.30. The van der Waals surface area contributed by atoms with Crippen LogP contribution in [0.15, 0.2) is 71.3 Å². The third kappa shape index (κ3) is 6.32. The molecule has 2 aromatic carbocycles. The zero-order valence-electron chi connectivity index (χ0n) is 23.0. The second kappa shape index (κ2) is 10.4. The molecule has 2 aliphatic heterocycles. The number of para-hydroxylation sites is 1. The molecule has 0 atom stereocenters. The summed E-state index contributed by atoms with van der Waals surface area (Å²) in [6.45, 7) is 7.55. The predicted molar refractivity (Wildman–Crippen MR) is 156 cm³/mol. The van der Waals surface area contributed by atoms with Gasteiger partial charge >= 0.3 is 0 Å².